The molecule has 0 unspecified atom stereocenters. The summed E-state index contributed by atoms with van der Waals surface area (Å²) in [5, 5.41) is 0. The molecular weight excluding hydrogens is 480 g/mol. The highest BCUT2D eigenvalue weighted by Crippen LogP contribution is 2.80. The second kappa shape index (κ2) is 11.3. The molecule has 10 heteroatoms. The molecule has 0 atom stereocenters. The lowest BCUT2D eigenvalue weighted by atomic mass is 9.82. The molecule has 0 saturated heterocycles. The zero-order valence-corrected chi connectivity index (χ0v) is 22.6. The molecule has 184 valence electrons. The molecule has 1 aliphatic heterocycles. The van der Waals surface area contributed by atoms with Crippen LogP contribution in [0.2, 0.25) is 0 Å². The van der Waals surface area contributed by atoms with Gasteiger partial charge in [0.2, 0.25) is 4.90 Å². The van der Waals surface area contributed by atoms with E-state index in [0.29, 0.717) is 17.0 Å². The summed E-state index contributed by atoms with van der Waals surface area (Å²) in [5.41, 5.74) is 1.70. The fourth-order valence-corrected chi connectivity index (χ4v) is 11.7. The Kier molecular flexibility index (Phi) is 9.24. The van der Waals surface area contributed by atoms with Gasteiger partial charge in [0, 0.05) is 5.56 Å². The van der Waals surface area contributed by atoms with Crippen molar-refractivity contribution < 1.29 is 27.2 Å². The quantitative estimate of drug-likeness (QED) is 0.226. The molecule has 1 aliphatic carbocycles. The third-order valence-electron chi connectivity index (χ3n) is 6.04. The third-order valence-corrected chi connectivity index (χ3v) is 13.2. The van der Waals surface area contributed by atoms with Gasteiger partial charge in [0.15, 0.2) is 0 Å². The van der Waals surface area contributed by atoms with Crippen LogP contribution in [0, 0.1) is 5.92 Å². The maximum atomic E-state index is 14.8. The number of nitrogens with zero attached hydrogens (tertiary/aromatic N) is 1. The van der Waals surface area contributed by atoms with Crippen molar-refractivity contribution in [1.82, 2.24) is 0 Å². The topological polar surface area (TPSA) is 83.4 Å². The Labute approximate surface area is 202 Å². The highest BCUT2D eigenvalue weighted by Gasteiger charge is 2.73. The summed E-state index contributed by atoms with van der Waals surface area (Å²) >= 11 is 6.05. The van der Waals surface area contributed by atoms with E-state index in [0.717, 1.165) is 32.1 Å². The Morgan fingerprint density at radius 2 is 1.36 bits per heavy atom. The second-order valence-corrected chi connectivity index (χ2v) is 13.1. The predicted octanol–water partition coefficient (Wildman–Crippen LogP) is 7.30. The Morgan fingerprint density at radius 1 is 0.879 bits per heavy atom. The standard InChI is InChI=1S/C23H35NO6P2S/c1-5-27-31(25,28-6-2)23(32(26,29-7-3)30-8-4)21(18-14-10-9-11-15-18)24-20-17-13-12-16-19(20)22(23)33/h12-13,16-18H,5-11,14-15H2,1-4H3. The summed E-state index contributed by atoms with van der Waals surface area (Å²) in [6, 6.07) is 7.38. The van der Waals surface area contributed by atoms with E-state index in [9.17, 15) is 9.13 Å². The van der Waals surface area contributed by atoms with Crippen LogP contribution in [0.15, 0.2) is 29.3 Å². The molecule has 0 amide bonds. The van der Waals surface area contributed by atoms with Crippen molar-refractivity contribution in [3.8, 4) is 0 Å². The number of hydrogen-bond acceptors (Lipinski definition) is 8. The first-order valence-electron chi connectivity index (χ1n) is 11.9. The minimum atomic E-state index is -4.23. The number of thiocarbonyl (C=S) groups is 1. The van der Waals surface area contributed by atoms with Crippen molar-refractivity contribution in [1.29, 1.82) is 0 Å². The van der Waals surface area contributed by atoms with E-state index < -0.39 is 20.1 Å². The van der Waals surface area contributed by atoms with Gasteiger partial charge in [0.1, 0.15) is 0 Å². The van der Waals surface area contributed by atoms with E-state index in [-0.39, 0.29) is 37.2 Å². The number of aliphatic imine (C=N–C) groups is 1. The molecule has 0 spiro atoms. The minimum Gasteiger partial charge on any atom is -0.308 e. The van der Waals surface area contributed by atoms with Gasteiger partial charge in [-0.25, -0.2) is 0 Å². The van der Waals surface area contributed by atoms with Crippen molar-refractivity contribution >= 4 is 43.7 Å². The molecule has 0 aromatic heterocycles. The number of hydrogen-bond donors (Lipinski definition) is 0. The summed E-state index contributed by atoms with van der Waals surface area (Å²) in [6.07, 6.45) is 4.75. The molecule has 1 fully saturated rings. The minimum absolute atomic E-state index is 0.0828. The smallest absolute Gasteiger partial charge is 0.308 e. The maximum Gasteiger partial charge on any atom is 0.360 e. The first kappa shape index (κ1) is 26.9. The lowest BCUT2D eigenvalue weighted by molar-refractivity contribution is 0.195. The zero-order chi connectivity index (χ0) is 24.1. The van der Waals surface area contributed by atoms with Gasteiger partial charge in [-0.3, -0.25) is 14.1 Å². The number of benzene rings is 1. The molecule has 1 aromatic carbocycles. The molecule has 1 heterocycles. The van der Waals surface area contributed by atoms with Crippen LogP contribution in [0.4, 0.5) is 5.69 Å². The second-order valence-electron chi connectivity index (χ2n) is 8.02. The van der Waals surface area contributed by atoms with Gasteiger partial charge in [0.05, 0.1) is 42.7 Å². The molecule has 0 radical (unpaired) electrons. The van der Waals surface area contributed by atoms with Crippen LogP contribution in [-0.2, 0) is 27.2 Å². The monoisotopic (exact) mass is 515 g/mol. The number of rotatable bonds is 11. The van der Waals surface area contributed by atoms with Crippen molar-refractivity contribution in [2.24, 2.45) is 10.9 Å². The molecule has 1 aromatic rings. The molecule has 33 heavy (non-hydrogen) atoms. The lowest BCUT2D eigenvalue weighted by Crippen LogP contribution is -2.52. The Morgan fingerprint density at radius 3 is 1.85 bits per heavy atom. The summed E-state index contributed by atoms with van der Waals surface area (Å²) in [4.78, 5) is 3.27. The summed E-state index contributed by atoms with van der Waals surface area (Å²) in [7, 11) is -8.45. The van der Waals surface area contributed by atoms with E-state index in [1.165, 1.54) is 0 Å². The van der Waals surface area contributed by atoms with Crippen LogP contribution in [0.3, 0.4) is 0 Å². The van der Waals surface area contributed by atoms with Crippen LogP contribution in [0.25, 0.3) is 0 Å². The zero-order valence-electron chi connectivity index (χ0n) is 20.0. The van der Waals surface area contributed by atoms with Crippen LogP contribution in [0.1, 0.15) is 65.4 Å². The van der Waals surface area contributed by atoms with E-state index in [1.807, 2.05) is 18.2 Å². The molecule has 0 N–H and O–H groups in total. The van der Waals surface area contributed by atoms with Crippen LogP contribution in [0.5, 0.6) is 0 Å². The van der Waals surface area contributed by atoms with Gasteiger partial charge in [0.25, 0.3) is 0 Å². The molecule has 7 nitrogen and oxygen atoms in total. The van der Waals surface area contributed by atoms with E-state index in [4.69, 9.17) is 35.3 Å². The van der Waals surface area contributed by atoms with E-state index >= 15 is 0 Å². The highest BCUT2D eigenvalue weighted by molar-refractivity contribution is 7.87. The average Bonchev–Trinajstić information content (AvgIpc) is 2.80. The molecule has 3 rings (SSSR count). The van der Waals surface area contributed by atoms with E-state index in [1.54, 1.807) is 33.8 Å². The largest absolute Gasteiger partial charge is 0.360 e. The summed E-state index contributed by atoms with van der Waals surface area (Å²) in [5.74, 6) is -0.0893. The molecule has 2 aliphatic rings. The average molecular weight is 516 g/mol. The van der Waals surface area contributed by atoms with Crippen LogP contribution in [-0.4, -0.2) is 41.9 Å². The third kappa shape index (κ3) is 4.61. The summed E-state index contributed by atoms with van der Waals surface area (Å²) in [6.45, 7) is 7.23. The van der Waals surface area contributed by atoms with Crippen LogP contribution >= 0.6 is 27.4 Å². The molecular formula is C23H35NO6P2S. The number of para-hydroxylation sites is 1. The Bertz CT molecular complexity index is 925. The number of fused-ring (bicyclic) bond motifs is 1. The Balaban J connectivity index is 2.45. The van der Waals surface area contributed by atoms with Gasteiger partial charge in [-0.15, -0.1) is 0 Å². The predicted molar refractivity (Wildman–Crippen MR) is 136 cm³/mol. The van der Waals surface area contributed by atoms with Crippen molar-refractivity contribution in [2.45, 2.75) is 64.7 Å². The lowest BCUT2D eigenvalue weighted by Gasteiger charge is -2.47. The normalized spacial score (nSPS) is 19.3. The SMILES string of the molecule is CCOP(=O)(OCC)C1(P(=O)(OCC)OCC)C(=S)c2ccccc2N=C1C1CCCCC1. The fraction of sp³-hybridized carbons (Fsp3) is 0.652. The fourth-order valence-electron chi connectivity index (χ4n) is 4.83. The van der Waals surface area contributed by atoms with E-state index in [2.05, 4.69) is 0 Å². The maximum absolute atomic E-state index is 14.8. The molecule has 1 saturated carbocycles. The van der Waals surface area contributed by atoms with Crippen molar-refractivity contribution in [3.05, 3.63) is 29.8 Å². The van der Waals surface area contributed by atoms with Crippen molar-refractivity contribution in [2.75, 3.05) is 26.4 Å². The van der Waals surface area contributed by atoms with Gasteiger partial charge in [-0.05, 0) is 52.5 Å². The van der Waals surface area contributed by atoms with Gasteiger partial charge in [-0.1, -0.05) is 49.7 Å². The summed E-state index contributed by atoms with van der Waals surface area (Å²) < 4.78 is 53.2. The van der Waals surface area contributed by atoms with Gasteiger partial charge >= 0.3 is 15.2 Å². The van der Waals surface area contributed by atoms with Gasteiger partial charge < -0.3 is 18.1 Å². The highest BCUT2D eigenvalue weighted by atomic mass is 32.1. The first-order valence-corrected chi connectivity index (χ1v) is 15.4. The van der Waals surface area contributed by atoms with Crippen LogP contribution < -0.4 is 0 Å². The van der Waals surface area contributed by atoms with Gasteiger partial charge in [-0.2, -0.15) is 0 Å². The molecule has 0 bridgehead atoms. The Hall–Kier alpha value is -0.720. The first-order chi connectivity index (χ1) is 15.8. The van der Waals surface area contributed by atoms with Crippen molar-refractivity contribution in [3.63, 3.8) is 0 Å².